The summed E-state index contributed by atoms with van der Waals surface area (Å²) in [5.41, 5.74) is 22.4. The van der Waals surface area contributed by atoms with Gasteiger partial charge in [0.15, 0.2) is 0 Å². The third-order valence-corrected chi connectivity index (χ3v) is 22.8. The molecule has 12 aromatic rings. The number of hydrogen-bond acceptors (Lipinski definition) is 25. The Kier molecular flexibility index (Phi) is 22.8. The van der Waals surface area contributed by atoms with Gasteiger partial charge in [0, 0.05) is 211 Å². The Hall–Kier alpha value is -13.2. The Morgan fingerprint density at radius 1 is 0.491 bits per heavy atom. The minimum atomic E-state index is -2.48. The van der Waals surface area contributed by atoms with Crippen molar-refractivity contribution in [1.29, 1.82) is 20.6 Å². The van der Waals surface area contributed by atoms with Crippen molar-refractivity contribution in [3.8, 4) is 104 Å². The van der Waals surface area contributed by atoms with Gasteiger partial charge in [0.2, 0.25) is 17.6 Å². The second kappa shape index (κ2) is 33.8. The molecular weight excluding hydrogens is 1480 g/mol. The first-order chi connectivity index (χ1) is 56.1. The molecule has 0 aromatic carbocycles. The summed E-state index contributed by atoms with van der Waals surface area (Å²) in [6.45, 7) is 13.6. The molecule has 6 aliphatic rings. The lowest BCUT2D eigenvalue weighted by Gasteiger charge is -2.56. The van der Waals surface area contributed by atoms with E-state index < -0.39 is 20.8 Å². The van der Waals surface area contributed by atoms with Crippen LogP contribution in [0.5, 0.6) is 29.1 Å². The zero-order valence-electron chi connectivity index (χ0n) is 65.4. The Balaban J connectivity index is 0.000000137. The fraction of sp³-hybridized carbons (Fsp3) is 0.333. The number of fused-ring (bicyclic) bond motifs is 5. The zero-order valence-corrected chi connectivity index (χ0v) is 66.2. The van der Waals surface area contributed by atoms with E-state index >= 15 is 0 Å². The molecule has 28 nitrogen and oxygen atoms in total. The van der Waals surface area contributed by atoms with Crippen LogP contribution in [0, 0.1) is 62.5 Å². The van der Waals surface area contributed by atoms with Crippen molar-refractivity contribution in [3.05, 3.63) is 205 Å². The van der Waals surface area contributed by atoms with Crippen molar-refractivity contribution >= 4 is 43.7 Å². The SMILES string of the molecule is COc1ccc(CN2C3CC2CN(c2ccc(-c4cc(C#CC(C)(C)N)cn5ncc(C#N)c45)cn2)C3)cn1.COc1ccc(OC2CCN(c3ccc(-c4cc(C#CC(C)(C)N)cn5ncc(C#N)c45)cn3)CC2)cn1.N#Cc1cnn2cc(OC3CCS(=N)(=O)CC3)cc(-c3ccc(N4CCC(Oc5ccccn5)CC4)nc3)c12. The van der Waals surface area contributed by atoms with Crippen LogP contribution in [-0.4, -0.2) is 174 Å². The number of piperidine rings is 3. The van der Waals surface area contributed by atoms with E-state index in [1.165, 1.54) is 12.0 Å². The van der Waals surface area contributed by atoms with Crippen molar-refractivity contribution in [2.75, 3.05) is 79.7 Å². The number of nitrogens with two attached hydrogens (primary N) is 2. The van der Waals surface area contributed by atoms with Gasteiger partial charge in [0.1, 0.15) is 65.5 Å². The smallest absolute Gasteiger partial charge is 0.213 e. The van der Waals surface area contributed by atoms with Crippen LogP contribution < -0.4 is 49.9 Å². The summed E-state index contributed by atoms with van der Waals surface area (Å²) in [7, 11) is 0.747. The lowest BCUT2D eigenvalue weighted by molar-refractivity contribution is -0.00876. The number of rotatable bonds is 16. The van der Waals surface area contributed by atoms with Gasteiger partial charge in [-0.1, -0.05) is 35.8 Å². The predicted octanol–water partition coefficient (Wildman–Crippen LogP) is 11.3. The molecule has 29 heteroatoms. The molecule has 18 heterocycles. The molecule has 0 radical (unpaired) electrons. The molecule has 2 unspecified atom stereocenters. The van der Waals surface area contributed by atoms with Gasteiger partial charge in [-0.15, -0.1) is 0 Å². The monoisotopic (exact) mass is 1570 g/mol. The van der Waals surface area contributed by atoms with Crippen LogP contribution in [0.3, 0.4) is 0 Å². The van der Waals surface area contributed by atoms with E-state index in [0.717, 1.165) is 150 Å². The van der Waals surface area contributed by atoms with Crippen molar-refractivity contribution in [2.45, 2.75) is 121 Å². The zero-order chi connectivity index (χ0) is 80.7. The van der Waals surface area contributed by atoms with Gasteiger partial charge in [-0.2, -0.15) is 31.1 Å². The van der Waals surface area contributed by atoms with Crippen molar-refractivity contribution in [1.82, 2.24) is 63.6 Å². The molecule has 2 atom stereocenters. The van der Waals surface area contributed by atoms with Crippen LogP contribution in [-0.2, 0) is 16.3 Å². The molecule has 0 aliphatic carbocycles. The van der Waals surface area contributed by atoms with Gasteiger partial charge in [-0.3, -0.25) is 9.68 Å². The molecular formula is C87H88N22O6S. The second-order valence-corrected chi connectivity index (χ2v) is 33.0. The summed E-state index contributed by atoms with van der Waals surface area (Å²) in [6.07, 6.45) is 27.1. The van der Waals surface area contributed by atoms with Gasteiger partial charge in [0.25, 0.3) is 0 Å². The highest BCUT2D eigenvalue weighted by Crippen LogP contribution is 2.39. The maximum atomic E-state index is 12.0. The number of nitrogens with zero attached hydrogens (tertiary/aromatic N) is 19. The Labute approximate surface area is 673 Å². The summed E-state index contributed by atoms with van der Waals surface area (Å²) < 4.78 is 53.6. The third kappa shape index (κ3) is 18.4. The van der Waals surface area contributed by atoms with E-state index in [4.69, 9.17) is 54.9 Å². The van der Waals surface area contributed by atoms with Crippen LogP contribution in [0.1, 0.15) is 106 Å². The van der Waals surface area contributed by atoms with Crippen LogP contribution in [0.2, 0.25) is 0 Å². The molecule has 2 bridgehead atoms. The number of pyridine rings is 9. The highest BCUT2D eigenvalue weighted by molar-refractivity contribution is 7.92. The normalized spacial score (nSPS) is 18.2. The quantitative estimate of drug-likeness (QED) is 0.0756. The average Bonchev–Trinajstić information content (AvgIpc) is 1.31. The topological polar surface area (TPSA) is 353 Å². The van der Waals surface area contributed by atoms with E-state index in [1.807, 2.05) is 138 Å². The minimum Gasteiger partial charge on any atom is -0.489 e. The number of anilines is 3. The second-order valence-electron chi connectivity index (χ2n) is 30.6. The molecule has 6 fully saturated rings. The maximum absolute atomic E-state index is 12.0. The minimum absolute atomic E-state index is 0.105. The first-order valence-corrected chi connectivity index (χ1v) is 40.4. The van der Waals surface area contributed by atoms with E-state index in [1.54, 1.807) is 71.0 Å². The number of piperazine rings is 1. The van der Waals surface area contributed by atoms with Gasteiger partial charge in [0.05, 0.1) is 89.5 Å². The first-order valence-electron chi connectivity index (χ1n) is 38.5. The summed E-state index contributed by atoms with van der Waals surface area (Å²) in [5, 5.41) is 42.1. The van der Waals surface area contributed by atoms with Crippen molar-refractivity contribution < 1.29 is 27.9 Å². The Morgan fingerprint density at radius 2 is 0.948 bits per heavy atom. The van der Waals surface area contributed by atoms with Gasteiger partial charge >= 0.3 is 0 Å². The summed E-state index contributed by atoms with van der Waals surface area (Å²) in [4.78, 5) is 36.6. The number of nitriles is 3. The van der Waals surface area contributed by atoms with Crippen LogP contribution in [0.15, 0.2) is 171 Å². The van der Waals surface area contributed by atoms with Gasteiger partial charge < -0.3 is 49.9 Å². The van der Waals surface area contributed by atoms with Crippen LogP contribution in [0.25, 0.3) is 49.9 Å². The lowest BCUT2D eigenvalue weighted by atomic mass is 9.87. The van der Waals surface area contributed by atoms with Crippen molar-refractivity contribution in [2.24, 2.45) is 11.5 Å². The molecule has 12 aromatic heterocycles. The van der Waals surface area contributed by atoms with E-state index in [9.17, 15) is 20.0 Å². The molecule has 0 spiro atoms. The number of hydrogen-bond donors (Lipinski definition) is 3. The number of nitrogens with one attached hydrogen (secondary N) is 1. The standard InChI is InChI=1S/C30H30N8O.C29H29N7O2.C28H29N7O3S/c1-30(2,32)9-8-20-10-26(29-23(12-31)15-35-38(29)17-20)22-5-6-27(33-14-22)36-18-24-11-25(19-36)37(24)16-21-4-7-28(39-3)34-13-21;1-29(2,31)11-8-20-14-25(28-22(15-30)17-34-36(28)19-20)21-4-6-26(32-16-21)35-12-9-23(10-13-35)38-24-5-7-27(37-3)33-18-24;29-16-21-18-33-35-19-24(37-23-8-13-39(30,36)14-9-23)15-25(28(21)35)20-4-5-26(32-17-20)34-11-6-22(7-12-34)38-27-3-1-2-10-31-27/h4-7,10,13-15,17,24-25H,11,16,18-19,32H2,1-3H3;4-7,14,16-19,23H,9-10,12-13,31H2,1-3H3;1-5,10,15,17-19,22-23,30H,6-9,11-14H2. The molecule has 5 N–H and O–H groups in total. The summed E-state index contributed by atoms with van der Waals surface area (Å²) in [5.74, 6) is 19.1. The number of aromatic nitrogens is 12. The van der Waals surface area contributed by atoms with Crippen molar-refractivity contribution in [3.63, 3.8) is 0 Å². The van der Waals surface area contributed by atoms with Gasteiger partial charge in [-0.05, 0) is 119 Å². The number of methoxy groups -OCH3 is 2. The summed E-state index contributed by atoms with van der Waals surface area (Å²) >= 11 is 0. The predicted molar refractivity (Wildman–Crippen MR) is 441 cm³/mol. The highest BCUT2D eigenvalue weighted by Gasteiger charge is 2.45. The largest absolute Gasteiger partial charge is 0.489 e. The first kappa shape index (κ1) is 78.1. The third-order valence-electron chi connectivity index (χ3n) is 21.0. The van der Waals surface area contributed by atoms with E-state index in [0.29, 0.717) is 82.0 Å². The van der Waals surface area contributed by atoms with Crippen LogP contribution >= 0.6 is 0 Å². The molecule has 0 amide bonds. The molecule has 116 heavy (non-hydrogen) atoms. The summed E-state index contributed by atoms with van der Waals surface area (Å²) in [6, 6.07) is 39.2. The molecule has 0 saturated carbocycles. The van der Waals surface area contributed by atoms with E-state index in [-0.39, 0.29) is 18.3 Å². The maximum Gasteiger partial charge on any atom is 0.213 e. The molecule has 588 valence electrons. The van der Waals surface area contributed by atoms with Crippen LogP contribution in [0.4, 0.5) is 17.5 Å². The molecule has 18 rings (SSSR count). The lowest BCUT2D eigenvalue weighted by Crippen LogP contribution is -2.68. The number of ether oxygens (including phenoxy) is 5. The van der Waals surface area contributed by atoms with E-state index in [2.05, 4.69) is 110 Å². The Morgan fingerprint density at radius 3 is 1.38 bits per heavy atom. The molecule has 6 aliphatic heterocycles. The molecule has 6 saturated heterocycles. The fourth-order valence-corrected chi connectivity index (χ4v) is 16.5. The Bertz CT molecular complexity index is 5880. The fourth-order valence-electron chi connectivity index (χ4n) is 15.0. The average molecular weight is 1570 g/mol. The highest BCUT2D eigenvalue weighted by atomic mass is 32.2. The van der Waals surface area contributed by atoms with Gasteiger partial charge in [-0.25, -0.2) is 47.7 Å².